The molecule has 0 saturated heterocycles. The first kappa shape index (κ1) is 19.2. The molecule has 4 heteroatoms. The summed E-state index contributed by atoms with van der Waals surface area (Å²) in [5.74, 6) is 2.47. The molecule has 0 spiro atoms. The van der Waals surface area contributed by atoms with Gasteiger partial charge in [-0.25, -0.2) is 4.98 Å². The number of oxazole rings is 1. The second-order valence-electron chi connectivity index (χ2n) is 7.51. The number of hydrogen-bond acceptors (Lipinski definition) is 3. The van der Waals surface area contributed by atoms with E-state index in [0.717, 1.165) is 17.7 Å². The molecule has 1 heterocycles. The molecule has 0 aliphatic heterocycles. The SMILES string of the molecule is CC(C)Cc1ccc(-c2cnc(CCC(=O)N[C@@H](C)C(C)C)o2)cc1. The molecule has 1 amide bonds. The minimum absolute atomic E-state index is 0.0407. The van der Waals surface area contributed by atoms with Crippen LogP contribution in [0.1, 0.15) is 52.5 Å². The lowest BCUT2D eigenvalue weighted by Crippen LogP contribution is -2.36. The predicted octanol–water partition coefficient (Wildman–Crippen LogP) is 4.63. The van der Waals surface area contributed by atoms with Crippen LogP contribution in [0.5, 0.6) is 0 Å². The maximum atomic E-state index is 12.0. The lowest BCUT2D eigenvalue weighted by Gasteiger charge is -2.16. The Morgan fingerprint density at radius 2 is 1.80 bits per heavy atom. The summed E-state index contributed by atoms with van der Waals surface area (Å²) in [4.78, 5) is 16.3. The van der Waals surface area contributed by atoms with E-state index in [-0.39, 0.29) is 11.9 Å². The Balaban J connectivity index is 1.90. The number of carbonyl (C=O) groups excluding carboxylic acids is 1. The zero-order valence-electron chi connectivity index (χ0n) is 16.0. The van der Waals surface area contributed by atoms with E-state index < -0.39 is 0 Å². The van der Waals surface area contributed by atoms with Crippen molar-refractivity contribution in [3.63, 3.8) is 0 Å². The van der Waals surface area contributed by atoms with Crippen LogP contribution < -0.4 is 5.32 Å². The lowest BCUT2D eigenvalue weighted by molar-refractivity contribution is -0.122. The van der Waals surface area contributed by atoms with E-state index in [2.05, 4.69) is 62.3 Å². The maximum Gasteiger partial charge on any atom is 0.220 e. The fraction of sp³-hybridized carbons (Fsp3) is 0.524. The third-order valence-corrected chi connectivity index (χ3v) is 4.39. The summed E-state index contributed by atoms with van der Waals surface area (Å²) in [6.45, 7) is 10.6. The second-order valence-corrected chi connectivity index (χ2v) is 7.51. The van der Waals surface area contributed by atoms with Gasteiger partial charge in [-0.3, -0.25) is 4.79 Å². The molecule has 1 aromatic heterocycles. The first-order valence-electron chi connectivity index (χ1n) is 9.18. The number of rotatable bonds is 8. The van der Waals surface area contributed by atoms with Gasteiger partial charge >= 0.3 is 0 Å². The highest BCUT2D eigenvalue weighted by molar-refractivity contribution is 5.76. The molecule has 0 bridgehead atoms. The lowest BCUT2D eigenvalue weighted by atomic mass is 10.0. The number of aryl methyl sites for hydroxylation is 1. The molecule has 4 nitrogen and oxygen atoms in total. The predicted molar refractivity (Wildman–Crippen MR) is 101 cm³/mol. The monoisotopic (exact) mass is 342 g/mol. The highest BCUT2D eigenvalue weighted by Crippen LogP contribution is 2.22. The van der Waals surface area contributed by atoms with Gasteiger partial charge in [-0.15, -0.1) is 0 Å². The Kier molecular flexibility index (Phi) is 6.80. The molecule has 2 aromatic rings. The van der Waals surface area contributed by atoms with E-state index in [1.807, 2.05) is 6.92 Å². The van der Waals surface area contributed by atoms with Gasteiger partial charge in [-0.1, -0.05) is 52.0 Å². The van der Waals surface area contributed by atoms with Crippen molar-refractivity contribution in [3.8, 4) is 11.3 Å². The van der Waals surface area contributed by atoms with Gasteiger partial charge in [0.25, 0.3) is 0 Å². The smallest absolute Gasteiger partial charge is 0.220 e. The zero-order chi connectivity index (χ0) is 18.4. The molecule has 0 fully saturated rings. The summed E-state index contributed by atoms with van der Waals surface area (Å²) >= 11 is 0. The van der Waals surface area contributed by atoms with Gasteiger partial charge < -0.3 is 9.73 Å². The molecule has 0 saturated carbocycles. The van der Waals surface area contributed by atoms with E-state index in [1.165, 1.54) is 5.56 Å². The van der Waals surface area contributed by atoms with Crippen LogP contribution in [0.15, 0.2) is 34.9 Å². The van der Waals surface area contributed by atoms with E-state index in [1.54, 1.807) is 6.20 Å². The molecule has 136 valence electrons. The Morgan fingerprint density at radius 1 is 1.12 bits per heavy atom. The topological polar surface area (TPSA) is 55.1 Å². The van der Waals surface area contributed by atoms with E-state index >= 15 is 0 Å². The van der Waals surface area contributed by atoms with Crippen LogP contribution in [0.25, 0.3) is 11.3 Å². The maximum absolute atomic E-state index is 12.0. The number of nitrogens with zero attached hydrogens (tertiary/aromatic N) is 1. The second kappa shape index (κ2) is 8.84. The van der Waals surface area contributed by atoms with Crippen LogP contribution in [0.4, 0.5) is 0 Å². The molecule has 0 aliphatic rings. The number of nitrogens with one attached hydrogen (secondary N) is 1. The van der Waals surface area contributed by atoms with E-state index in [4.69, 9.17) is 4.42 Å². The van der Waals surface area contributed by atoms with Crippen LogP contribution in [0, 0.1) is 11.8 Å². The largest absolute Gasteiger partial charge is 0.441 e. The molecule has 2 rings (SSSR count). The number of hydrogen-bond donors (Lipinski definition) is 1. The normalized spacial score (nSPS) is 12.6. The summed E-state index contributed by atoms with van der Waals surface area (Å²) in [5, 5.41) is 3.00. The van der Waals surface area contributed by atoms with Crippen molar-refractivity contribution in [2.45, 2.75) is 59.9 Å². The van der Waals surface area contributed by atoms with Gasteiger partial charge in [-0.05, 0) is 30.7 Å². The van der Waals surface area contributed by atoms with Crippen molar-refractivity contribution in [2.75, 3.05) is 0 Å². The molecular formula is C21H30N2O2. The van der Waals surface area contributed by atoms with Crippen LogP contribution >= 0.6 is 0 Å². The van der Waals surface area contributed by atoms with Crippen LogP contribution in [0.2, 0.25) is 0 Å². The van der Waals surface area contributed by atoms with Gasteiger partial charge in [0.05, 0.1) is 6.20 Å². The minimum atomic E-state index is 0.0407. The van der Waals surface area contributed by atoms with Crippen molar-refractivity contribution in [1.29, 1.82) is 0 Å². The van der Waals surface area contributed by atoms with Gasteiger partial charge in [0.15, 0.2) is 11.7 Å². The Hall–Kier alpha value is -2.10. The molecule has 0 unspecified atom stereocenters. The Morgan fingerprint density at radius 3 is 2.40 bits per heavy atom. The zero-order valence-corrected chi connectivity index (χ0v) is 16.0. The number of aromatic nitrogens is 1. The van der Waals surface area contributed by atoms with E-state index in [0.29, 0.717) is 30.6 Å². The van der Waals surface area contributed by atoms with E-state index in [9.17, 15) is 4.79 Å². The van der Waals surface area contributed by atoms with Crippen molar-refractivity contribution in [1.82, 2.24) is 10.3 Å². The Bertz CT molecular complexity index is 671. The van der Waals surface area contributed by atoms with Crippen LogP contribution in [0.3, 0.4) is 0 Å². The van der Waals surface area contributed by atoms with Crippen LogP contribution in [-0.2, 0) is 17.6 Å². The molecule has 1 atom stereocenters. The highest BCUT2D eigenvalue weighted by atomic mass is 16.4. The third-order valence-electron chi connectivity index (χ3n) is 4.39. The molecule has 1 aromatic carbocycles. The number of carbonyl (C=O) groups is 1. The van der Waals surface area contributed by atoms with Crippen molar-refractivity contribution >= 4 is 5.91 Å². The number of amides is 1. The quantitative estimate of drug-likeness (QED) is 0.761. The van der Waals surface area contributed by atoms with Gasteiger partial charge in [0, 0.05) is 24.4 Å². The average Bonchev–Trinajstić information content (AvgIpc) is 3.02. The third kappa shape index (κ3) is 6.04. The van der Waals surface area contributed by atoms with Crippen LogP contribution in [-0.4, -0.2) is 16.9 Å². The summed E-state index contributed by atoms with van der Waals surface area (Å²) in [7, 11) is 0. The van der Waals surface area contributed by atoms with Gasteiger partial charge in [0.2, 0.25) is 5.91 Å². The Labute approximate surface area is 151 Å². The van der Waals surface area contributed by atoms with Gasteiger partial charge in [0.1, 0.15) is 0 Å². The fourth-order valence-electron chi connectivity index (χ4n) is 2.55. The van der Waals surface area contributed by atoms with Crippen molar-refractivity contribution in [3.05, 3.63) is 41.9 Å². The minimum Gasteiger partial charge on any atom is -0.441 e. The summed E-state index contributed by atoms with van der Waals surface area (Å²) in [5.41, 5.74) is 2.35. The fourth-order valence-corrected chi connectivity index (χ4v) is 2.55. The summed E-state index contributed by atoms with van der Waals surface area (Å²) < 4.78 is 5.80. The molecule has 25 heavy (non-hydrogen) atoms. The van der Waals surface area contributed by atoms with Crippen molar-refractivity contribution < 1.29 is 9.21 Å². The summed E-state index contributed by atoms with van der Waals surface area (Å²) in [6.07, 6.45) is 3.72. The molecular weight excluding hydrogens is 312 g/mol. The molecule has 0 aliphatic carbocycles. The van der Waals surface area contributed by atoms with Gasteiger partial charge in [-0.2, -0.15) is 0 Å². The first-order valence-corrected chi connectivity index (χ1v) is 9.18. The highest BCUT2D eigenvalue weighted by Gasteiger charge is 2.13. The molecule has 1 N–H and O–H groups in total. The van der Waals surface area contributed by atoms with Crippen molar-refractivity contribution in [2.24, 2.45) is 11.8 Å². The number of benzene rings is 1. The standard InChI is InChI=1S/C21H30N2O2/c1-14(2)12-17-6-8-18(9-7-17)19-13-22-21(25-19)11-10-20(24)23-16(5)15(3)4/h6-9,13-16H,10-12H2,1-5H3,(H,23,24)/t16-/m0/s1. The first-order chi connectivity index (χ1) is 11.8. The molecule has 0 radical (unpaired) electrons. The average molecular weight is 342 g/mol. The summed E-state index contributed by atoms with van der Waals surface area (Å²) in [6, 6.07) is 8.59.